The number of amides is 1. The van der Waals surface area contributed by atoms with Crippen molar-refractivity contribution in [1.82, 2.24) is 5.32 Å². The summed E-state index contributed by atoms with van der Waals surface area (Å²) in [4.78, 5) is 23.0. The number of carboxylic acids is 1. The van der Waals surface area contributed by atoms with Crippen LogP contribution in [0.4, 0.5) is 0 Å². The minimum Gasteiger partial charge on any atom is -0.481 e. The van der Waals surface area contributed by atoms with Gasteiger partial charge in [-0.25, -0.2) is 0 Å². The second-order valence-electron chi connectivity index (χ2n) is 6.20. The third-order valence-electron chi connectivity index (χ3n) is 4.60. The number of nitrogens with one attached hydrogen (secondary N) is 1. The Labute approximate surface area is 112 Å². The fraction of sp³-hybridized carbons (Fsp3) is 0.846. The Balaban J connectivity index is 1.91. The summed E-state index contributed by atoms with van der Waals surface area (Å²) in [5, 5.41) is 22.0. The van der Waals surface area contributed by atoms with Crippen LogP contribution in [0.1, 0.15) is 27.2 Å². The first-order valence-corrected chi connectivity index (χ1v) is 6.54. The van der Waals surface area contributed by atoms with E-state index in [0.29, 0.717) is 13.0 Å². The van der Waals surface area contributed by atoms with Gasteiger partial charge < -0.3 is 20.3 Å². The van der Waals surface area contributed by atoms with Gasteiger partial charge in [0.1, 0.15) is 5.60 Å². The summed E-state index contributed by atoms with van der Waals surface area (Å²) >= 11 is 0. The van der Waals surface area contributed by atoms with Gasteiger partial charge in [-0.05, 0) is 12.3 Å². The normalized spacial score (nSPS) is 39.9. The summed E-state index contributed by atoms with van der Waals surface area (Å²) in [6.07, 6.45) is 0.153. The zero-order chi connectivity index (χ0) is 14.4. The number of rotatable bonds is 4. The molecule has 0 aromatic heterocycles. The molecule has 1 saturated carbocycles. The van der Waals surface area contributed by atoms with Crippen LogP contribution in [0.3, 0.4) is 0 Å². The van der Waals surface area contributed by atoms with Gasteiger partial charge >= 0.3 is 5.97 Å². The quantitative estimate of drug-likeness (QED) is 0.669. The lowest BCUT2D eigenvalue weighted by Crippen LogP contribution is -2.48. The molecule has 4 atom stereocenters. The number of carboxylic acid groups (broad SMARTS) is 1. The maximum atomic E-state index is 12.0. The Bertz CT molecular complexity index is 408. The monoisotopic (exact) mass is 271 g/mol. The molecule has 0 aromatic carbocycles. The molecule has 1 amide bonds. The summed E-state index contributed by atoms with van der Waals surface area (Å²) in [6, 6.07) is 0. The predicted molar refractivity (Wildman–Crippen MR) is 66.4 cm³/mol. The van der Waals surface area contributed by atoms with Crippen molar-refractivity contribution in [3.05, 3.63) is 0 Å². The van der Waals surface area contributed by atoms with E-state index in [9.17, 15) is 14.7 Å². The van der Waals surface area contributed by atoms with Gasteiger partial charge in [-0.15, -0.1) is 0 Å². The second kappa shape index (κ2) is 4.45. The summed E-state index contributed by atoms with van der Waals surface area (Å²) in [7, 11) is 0. The summed E-state index contributed by atoms with van der Waals surface area (Å²) in [5.41, 5.74) is -1.57. The maximum absolute atomic E-state index is 12.0. The van der Waals surface area contributed by atoms with Crippen LogP contribution in [0, 0.1) is 17.3 Å². The smallest absolute Gasteiger partial charge is 0.307 e. The van der Waals surface area contributed by atoms with Crippen molar-refractivity contribution in [1.29, 1.82) is 0 Å². The van der Waals surface area contributed by atoms with Crippen molar-refractivity contribution in [2.45, 2.75) is 38.9 Å². The van der Waals surface area contributed by atoms with Gasteiger partial charge in [0.2, 0.25) is 5.91 Å². The number of aliphatic carboxylic acids is 1. The molecule has 2 aliphatic rings. The van der Waals surface area contributed by atoms with E-state index in [1.54, 1.807) is 20.8 Å². The molecule has 2 unspecified atom stereocenters. The molecule has 1 aliphatic carbocycles. The highest BCUT2D eigenvalue weighted by molar-refractivity contribution is 5.91. The van der Waals surface area contributed by atoms with Crippen LogP contribution in [0.5, 0.6) is 0 Å². The van der Waals surface area contributed by atoms with Crippen LogP contribution in [-0.4, -0.2) is 46.9 Å². The van der Waals surface area contributed by atoms with Crippen LogP contribution >= 0.6 is 0 Å². The Kier molecular flexibility index (Phi) is 3.35. The third kappa shape index (κ3) is 2.34. The first-order valence-electron chi connectivity index (χ1n) is 6.54. The number of hydrogen-bond acceptors (Lipinski definition) is 4. The van der Waals surface area contributed by atoms with E-state index in [1.165, 1.54) is 0 Å². The van der Waals surface area contributed by atoms with Gasteiger partial charge in [0.05, 0.1) is 17.9 Å². The minimum absolute atomic E-state index is 0.103. The lowest BCUT2D eigenvalue weighted by atomic mass is 9.96. The molecule has 1 aliphatic heterocycles. The van der Waals surface area contributed by atoms with Crippen molar-refractivity contribution >= 4 is 11.9 Å². The van der Waals surface area contributed by atoms with Gasteiger partial charge in [0.15, 0.2) is 0 Å². The molecule has 0 aromatic rings. The first-order chi connectivity index (χ1) is 8.70. The van der Waals surface area contributed by atoms with Crippen LogP contribution in [-0.2, 0) is 14.3 Å². The van der Waals surface area contributed by atoms with Crippen LogP contribution < -0.4 is 5.32 Å². The Hall–Kier alpha value is -1.14. The van der Waals surface area contributed by atoms with E-state index < -0.39 is 28.8 Å². The standard InChI is InChI=1S/C13H21NO5/c1-7-13(18,4-5-19-7)6-14-10(15)8-9(11(16)17)12(8,2)3/h7-9,18H,4-6H2,1-3H3,(H,14,15)(H,16,17)/t7?,8-,9+,13?/m1/s1. The average molecular weight is 271 g/mol. The first kappa shape index (κ1) is 14.3. The van der Waals surface area contributed by atoms with Gasteiger partial charge in [-0.3, -0.25) is 9.59 Å². The SMILES string of the molecule is CC1OCCC1(O)CNC(=O)[C@H]1[C@@H](C(=O)O)C1(C)C. The van der Waals surface area contributed by atoms with Crippen molar-refractivity contribution in [3.8, 4) is 0 Å². The molecule has 2 fully saturated rings. The largest absolute Gasteiger partial charge is 0.481 e. The van der Waals surface area contributed by atoms with E-state index in [1.807, 2.05) is 0 Å². The van der Waals surface area contributed by atoms with Gasteiger partial charge in [0, 0.05) is 19.6 Å². The Morgan fingerprint density at radius 3 is 2.42 bits per heavy atom. The number of ether oxygens (including phenoxy) is 1. The zero-order valence-corrected chi connectivity index (χ0v) is 11.5. The maximum Gasteiger partial charge on any atom is 0.307 e. The molecule has 19 heavy (non-hydrogen) atoms. The van der Waals surface area contributed by atoms with E-state index in [4.69, 9.17) is 9.84 Å². The average Bonchev–Trinajstić information content (AvgIpc) is 2.74. The van der Waals surface area contributed by atoms with Crippen molar-refractivity contribution in [2.75, 3.05) is 13.2 Å². The summed E-state index contributed by atoms with van der Waals surface area (Å²) in [5.74, 6) is -2.41. The lowest BCUT2D eigenvalue weighted by molar-refractivity contribution is -0.140. The van der Waals surface area contributed by atoms with Crippen molar-refractivity contribution in [2.24, 2.45) is 17.3 Å². The van der Waals surface area contributed by atoms with E-state index in [2.05, 4.69) is 5.32 Å². The highest BCUT2D eigenvalue weighted by Gasteiger charge is 2.66. The van der Waals surface area contributed by atoms with Crippen molar-refractivity contribution < 1.29 is 24.5 Å². The number of hydrogen-bond donors (Lipinski definition) is 3. The van der Waals surface area contributed by atoms with Crippen LogP contribution in [0.2, 0.25) is 0 Å². The van der Waals surface area contributed by atoms with Crippen LogP contribution in [0.15, 0.2) is 0 Å². The molecular formula is C13H21NO5. The zero-order valence-electron chi connectivity index (χ0n) is 11.5. The van der Waals surface area contributed by atoms with Gasteiger partial charge in [-0.1, -0.05) is 13.8 Å². The van der Waals surface area contributed by atoms with E-state index >= 15 is 0 Å². The molecule has 0 spiro atoms. The molecular weight excluding hydrogens is 250 g/mol. The summed E-state index contributed by atoms with van der Waals surface area (Å²) in [6.45, 7) is 5.88. The number of carbonyl (C=O) groups is 2. The summed E-state index contributed by atoms with van der Waals surface area (Å²) < 4.78 is 5.28. The molecule has 0 radical (unpaired) electrons. The predicted octanol–water partition coefficient (Wildman–Crippen LogP) is -0.000700. The topological polar surface area (TPSA) is 95.9 Å². The molecule has 108 valence electrons. The molecule has 0 bridgehead atoms. The second-order valence-corrected chi connectivity index (χ2v) is 6.20. The highest BCUT2D eigenvalue weighted by Crippen LogP contribution is 2.58. The number of aliphatic hydroxyl groups is 1. The van der Waals surface area contributed by atoms with Crippen molar-refractivity contribution in [3.63, 3.8) is 0 Å². The third-order valence-corrected chi connectivity index (χ3v) is 4.60. The van der Waals surface area contributed by atoms with E-state index in [-0.39, 0.29) is 18.6 Å². The van der Waals surface area contributed by atoms with Gasteiger partial charge in [-0.2, -0.15) is 0 Å². The molecule has 1 heterocycles. The molecule has 2 rings (SSSR count). The molecule has 6 nitrogen and oxygen atoms in total. The van der Waals surface area contributed by atoms with Crippen LogP contribution in [0.25, 0.3) is 0 Å². The lowest BCUT2D eigenvalue weighted by Gasteiger charge is -2.26. The minimum atomic E-state index is -1.05. The highest BCUT2D eigenvalue weighted by atomic mass is 16.5. The van der Waals surface area contributed by atoms with E-state index in [0.717, 1.165) is 0 Å². The molecule has 6 heteroatoms. The van der Waals surface area contributed by atoms with Gasteiger partial charge in [0.25, 0.3) is 0 Å². The molecule has 1 saturated heterocycles. The fourth-order valence-corrected chi connectivity index (χ4v) is 2.94. The molecule has 3 N–H and O–H groups in total. The fourth-order valence-electron chi connectivity index (χ4n) is 2.94. The number of carbonyl (C=O) groups excluding carboxylic acids is 1. The Morgan fingerprint density at radius 2 is 2.00 bits per heavy atom. The Morgan fingerprint density at radius 1 is 1.37 bits per heavy atom.